The molecule has 2 bridgehead atoms. The van der Waals surface area contributed by atoms with Gasteiger partial charge >= 0.3 is 0 Å². The molecule has 0 unspecified atom stereocenters. The minimum Gasteiger partial charge on any atom is -0.344 e. The summed E-state index contributed by atoms with van der Waals surface area (Å²) >= 11 is 0. The van der Waals surface area contributed by atoms with E-state index in [9.17, 15) is 0 Å². The summed E-state index contributed by atoms with van der Waals surface area (Å²) in [7, 11) is 2.16. The Bertz CT molecular complexity index is 1560. The van der Waals surface area contributed by atoms with E-state index >= 15 is 0 Å². The van der Waals surface area contributed by atoms with Gasteiger partial charge in [0.2, 0.25) is 0 Å². The van der Waals surface area contributed by atoms with Gasteiger partial charge < -0.3 is 9.13 Å². The van der Waals surface area contributed by atoms with Crippen molar-refractivity contribution >= 4 is 45.4 Å². The molecule has 0 saturated carbocycles. The molecule has 0 aliphatic carbocycles. The summed E-state index contributed by atoms with van der Waals surface area (Å²) in [5, 5.41) is 6.09. The maximum absolute atomic E-state index is 4.58. The lowest BCUT2D eigenvalue weighted by molar-refractivity contribution is 1.01. The topological polar surface area (TPSA) is 9.86 Å². The second kappa shape index (κ2) is 5.49. The van der Waals surface area contributed by atoms with E-state index in [-0.39, 0.29) is 0 Å². The first-order valence-corrected chi connectivity index (χ1v) is 9.70. The quantitative estimate of drug-likeness (QED) is 0.383. The molecular formula is C26H20N2. The van der Waals surface area contributed by atoms with Gasteiger partial charge in [-0.25, -0.2) is 0 Å². The summed E-state index contributed by atoms with van der Waals surface area (Å²) in [6.07, 6.45) is 7.55. The highest BCUT2D eigenvalue weighted by molar-refractivity contribution is 6.22. The molecule has 1 aliphatic rings. The molecule has 0 spiro atoms. The smallest absolute Gasteiger partial charge is 0.0562 e. The molecular weight excluding hydrogens is 340 g/mol. The predicted octanol–water partition coefficient (Wildman–Crippen LogP) is 4.58. The van der Waals surface area contributed by atoms with E-state index in [1.165, 1.54) is 49.2 Å². The third-order valence-corrected chi connectivity index (χ3v) is 6.12. The zero-order valence-electron chi connectivity index (χ0n) is 15.8. The molecule has 6 rings (SSSR count). The molecule has 0 atom stereocenters. The van der Waals surface area contributed by atoms with Crippen molar-refractivity contribution in [3.05, 3.63) is 88.9 Å². The SMILES string of the molecule is C=c1/c2c3cccc4c3c3c(cccc3n4C)n1-c1ccccc1C/C=C\C=2. The standard InChI is InChI=1S/C26H20N2/c1-17-19-11-5-3-9-18-10-4-6-13-21(18)28(17)24-16-8-15-23-26(24)25-20(19)12-7-14-22(25)27(23)2/h3-8,10-16H,1,9H2,2H3/b5-3-,19-11-. The number of rotatable bonds is 0. The van der Waals surface area contributed by atoms with Crippen molar-refractivity contribution < 1.29 is 0 Å². The van der Waals surface area contributed by atoms with Crippen LogP contribution in [0.2, 0.25) is 0 Å². The third-order valence-electron chi connectivity index (χ3n) is 6.12. The van der Waals surface area contributed by atoms with Crippen LogP contribution in [0, 0.1) is 0 Å². The zero-order valence-corrected chi connectivity index (χ0v) is 15.8. The number of para-hydroxylation sites is 1. The molecule has 2 aromatic heterocycles. The van der Waals surface area contributed by atoms with Crippen LogP contribution in [0.5, 0.6) is 0 Å². The fourth-order valence-corrected chi connectivity index (χ4v) is 4.83. The Morgan fingerprint density at radius 3 is 2.46 bits per heavy atom. The largest absolute Gasteiger partial charge is 0.344 e. The van der Waals surface area contributed by atoms with E-state index < -0.39 is 0 Å². The fourth-order valence-electron chi connectivity index (χ4n) is 4.83. The lowest BCUT2D eigenvalue weighted by Crippen LogP contribution is -2.31. The predicted molar refractivity (Wildman–Crippen MR) is 119 cm³/mol. The molecule has 0 amide bonds. The number of aromatic nitrogens is 2. The molecule has 0 N–H and O–H groups in total. The highest BCUT2D eigenvalue weighted by Gasteiger charge is 2.17. The van der Waals surface area contributed by atoms with Crippen molar-refractivity contribution in [3.8, 4) is 5.69 Å². The molecule has 0 radical (unpaired) electrons. The van der Waals surface area contributed by atoms with Gasteiger partial charge in [-0.15, -0.1) is 0 Å². The average molecular weight is 360 g/mol. The van der Waals surface area contributed by atoms with Crippen molar-refractivity contribution in [2.75, 3.05) is 0 Å². The fraction of sp³-hybridized carbons (Fsp3) is 0.0769. The highest BCUT2D eigenvalue weighted by atomic mass is 15.0. The van der Waals surface area contributed by atoms with E-state index in [1.807, 2.05) is 0 Å². The van der Waals surface area contributed by atoms with E-state index in [2.05, 4.69) is 102 Å². The number of allylic oxidation sites excluding steroid dienone is 2. The molecule has 3 heterocycles. The number of hydrogen-bond acceptors (Lipinski definition) is 0. The average Bonchev–Trinajstić information content (AvgIpc) is 2.99. The molecule has 5 aromatic rings. The molecule has 3 aromatic carbocycles. The first-order valence-electron chi connectivity index (χ1n) is 9.70. The highest BCUT2D eigenvalue weighted by Crippen LogP contribution is 2.34. The van der Waals surface area contributed by atoms with Gasteiger partial charge in [0.15, 0.2) is 0 Å². The molecule has 2 nitrogen and oxygen atoms in total. The van der Waals surface area contributed by atoms with E-state index in [1.54, 1.807) is 0 Å². The summed E-state index contributed by atoms with van der Waals surface area (Å²) < 4.78 is 4.67. The van der Waals surface area contributed by atoms with Crippen molar-refractivity contribution in [2.24, 2.45) is 7.05 Å². The van der Waals surface area contributed by atoms with Crippen LogP contribution < -0.4 is 10.6 Å². The van der Waals surface area contributed by atoms with E-state index in [0.29, 0.717) is 0 Å². The van der Waals surface area contributed by atoms with Gasteiger partial charge in [0.05, 0.1) is 11.0 Å². The Labute approximate surface area is 162 Å². The molecule has 134 valence electrons. The van der Waals surface area contributed by atoms with Crippen LogP contribution in [0.15, 0.2) is 72.8 Å². The van der Waals surface area contributed by atoms with E-state index in [4.69, 9.17) is 0 Å². The van der Waals surface area contributed by atoms with Crippen LogP contribution in [0.25, 0.3) is 51.1 Å². The van der Waals surface area contributed by atoms with Crippen LogP contribution in [0.3, 0.4) is 0 Å². The summed E-state index contributed by atoms with van der Waals surface area (Å²) in [5.74, 6) is 0. The van der Waals surface area contributed by atoms with Gasteiger partial charge in [-0.1, -0.05) is 61.2 Å². The third kappa shape index (κ3) is 1.87. The van der Waals surface area contributed by atoms with Crippen LogP contribution in [0.1, 0.15) is 5.56 Å². The second-order valence-corrected chi connectivity index (χ2v) is 7.55. The Morgan fingerprint density at radius 2 is 1.57 bits per heavy atom. The van der Waals surface area contributed by atoms with Crippen molar-refractivity contribution in [1.29, 1.82) is 0 Å². The lowest BCUT2D eigenvalue weighted by atomic mass is 10.1. The van der Waals surface area contributed by atoms with Gasteiger partial charge in [-0.05, 0) is 41.6 Å². The number of aryl methyl sites for hydroxylation is 1. The second-order valence-electron chi connectivity index (χ2n) is 7.55. The lowest BCUT2D eigenvalue weighted by Gasteiger charge is -2.14. The normalized spacial score (nSPS) is 15.7. The monoisotopic (exact) mass is 360 g/mol. The minimum absolute atomic E-state index is 0.908. The Morgan fingerprint density at radius 1 is 0.821 bits per heavy atom. The summed E-state index contributed by atoms with van der Waals surface area (Å²) in [6, 6.07) is 21.9. The maximum atomic E-state index is 4.58. The Kier molecular flexibility index (Phi) is 3.05. The Balaban J connectivity index is 2.08. The van der Waals surface area contributed by atoms with Gasteiger partial charge in [-0.3, -0.25) is 0 Å². The van der Waals surface area contributed by atoms with Gasteiger partial charge in [0, 0.05) is 39.6 Å². The molecule has 28 heavy (non-hydrogen) atoms. The van der Waals surface area contributed by atoms with Crippen molar-refractivity contribution in [2.45, 2.75) is 6.42 Å². The van der Waals surface area contributed by atoms with Gasteiger partial charge in [0.25, 0.3) is 0 Å². The molecule has 1 aliphatic heterocycles. The van der Waals surface area contributed by atoms with Gasteiger partial charge in [-0.2, -0.15) is 0 Å². The number of fused-ring (bicyclic) bond motifs is 6. The number of hydrogen-bond donors (Lipinski definition) is 0. The number of nitrogens with zero attached hydrogens (tertiary/aromatic N) is 2. The zero-order chi connectivity index (χ0) is 18.8. The van der Waals surface area contributed by atoms with Crippen LogP contribution in [0.4, 0.5) is 0 Å². The molecule has 2 heteroatoms. The molecule has 0 fully saturated rings. The summed E-state index contributed by atoms with van der Waals surface area (Å²) in [4.78, 5) is 0. The van der Waals surface area contributed by atoms with Crippen LogP contribution >= 0.6 is 0 Å². The number of benzene rings is 3. The summed E-state index contributed by atoms with van der Waals surface area (Å²) in [5.41, 5.74) is 6.24. The summed E-state index contributed by atoms with van der Waals surface area (Å²) in [6.45, 7) is 4.58. The van der Waals surface area contributed by atoms with Crippen molar-refractivity contribution in [1.82, 2.24) is 9.13 Å². The first kappa shape index (κ1) is 15.5. The van der Waals surface area contributed by atoms with E-state index in [0.717, 1.165) is 11.8 Å². The van der Waals surface area contributed by atoms with Gasteiger partial charge in [0.1, 0.15) is 0 Å². The Hall–Kier alpha value is -3.52. The minimum atomic E-state index is 0.908. The van der Waals surface area contributed by atoms with Crippen LogP contribution in [-0.2, 0) is 13.5 Å². The molecule has 0 saturated heterocycles. The first-order chi connectivity index (χ1) is 13.8. The van der Waals surface area contributed by atoms with Crippen molar-refractivity contribution in [3.63, 3.8) is 0 Å². The maximum Gasteiger partial charge on any atom is 0.0562 e. The van der Waals surface area contributed by atoms with Crippen LogP contribution in [-0.4, -0.2) is 9.13 Å².